The van der Waals surface area contributed by atoms with Gasteiger partial charge in [-0.1, -0.05) is 28.1 Å². The van der Waals surface area contributed by atoms with Gasteiger partial charge in [0.2, 0.25) is 0 Å². The van der Waals surface area contributed by atoms with Gasteiger partial charge in [0.15, 0.2) is 5.78 Å². The molecule has 0 aliphatic rings. The van der Waals surface area contributed by atoms with E-state index in [2.05, 4.69) is 26.0 Å². The molecule has 0 radical (unpaired) electrons. The Kier molecular flexibility index (Phi) is 5.86. The summed E-state index contributed by atoms with van der Waals surface area (Å²) < 4.78 is 5.41. The number of carbonyl (C=O) groups is 2. The number of ether oxygens (including phenoxy) is 1. The number of esters is 1. The number of nitrogens with one attached hydrogen (secondary N) is 1. The number of carbonyl (C=O) groups excluding carboxylic acids is 2. The van der Waals surface area contributed by atoms with Crippen molar-refractivity contribution in [2.45, 2.75) is 6.42 Å². The maximum atomic E-state index is 11.7. The van der Waals surface area contributed by atoms with E-state index in [1.165, 1.54) is 7.11 Å². The number of hydrogen-bond donors (Lipinski definition) is 1. The second-order valence-electron chi connectivity index (χ2n) is 3.43. The van der Waals surface area contributed by atoms with E-state index in [0.29, 0.717) is 18.5 Å². The number of rotatable bonds is 6. The first-order valence-electron chi connectivity index (χ1n) is 5.20. The highest BCUT2D eigenvalue weighted by atomic mass is 79.9. The SMILES string of the molecule is COC(=O)CNCCC(=O)c1ccc(Br)cc1. The van der Waals surface area contributed by atoms with Crippen LogP contribution in [0.5, 0.6) is 0 Å². The van der Waals surface area contributed by atoms with Crippen molar-refractivity contribution in [3.63, 3.8) is 0 Å². The molecule has 0 atom stereocenters. The van der Waals surface area contributed by atoms with Crippen LogP contribution in [-0.4, -0.2) is 32.0 Å². The summed E-state index contributed by atoms with van der Waals surface area (Å²) in [6.45, 7) is 0.591. The Bertz CT molecular complexity index is 389. The van der Waals surface area contributed by atoms with Crippen molar-refractivity contribution in [1.29, 1.82) is 0 Å². The van der Waals surface area contributed by atoms with Gasteiger partial charge in [0.05, 0.1) is 13.7 Å². The average Bonchev–Trinajstić information content (AvgIpc) is 2.34. The number of benzene rings is 1. The minimum absolute atomic E-state index is 0.0508. The molecule has 92 valence electrons. The molecule has 0 saturated heterocycles. The fourth-order valence-electron chi connectivity index (χ4n) is 1.24. The first-order chi connectivity index (χ1) is 8.13. The highest BCUT2D eigenvalue weighted by Gasteiger charge is 2.05. The minimum atomic E-state index is -0.332. The number of Topliss-reactive ketones (excluding diaryl/α,β-unsaturated/α-hetero) is 1. The van der Waals surface area contributed by atoms with Crippen molar-refractivity contribution in [2.75, 3.05) is 20.2 Å². The van der Waals surface area contributed by atoms with Crippen LogP contribution in [-0.2, 0) is 9.53 Å². The second-order valence-corrected chi connectivity index (χ2v) is 4.35. The van der Waals surface area contributed by atoms with Crippen molar-refractivity contribution < 1.29 is 14.3 Å². The normalized spacial score (nSPS) is 10.0. The van der Waals surface area contributed by atoms with Crippen LogP contribution >= 0.6 is 15.9 Å². The standard InChI is InChI=1S/C12H14BrNO3/c1-17-12(16)8-14-7-6-11(15)9-2-4-10(13)5-3-9/h2-5,14H,6-8H2,1H3. The molecule has 0 aliphatic carbocycles. The zero-order chi connectivity index (χ0) is 12.7. The molecular weight excluding hydrogens is 286 g/mol. The third kappa shape index (κ3) is 5.10. The third-order valence-electron chi connectivity index (χ3n) is 2.19. The lowest BCUT2D eigenvalue weighted by molar-refractivity contribution is -0.139. The number of hydrogen-bond acceptors (Lipinski definition) is 4. The molecule has 0 aliphatic heterocycles. The fourth-order valence-corrected chi connectivity index (χ4v) is 1.51. The Morgan fingerprint density at radius 3 is 2.53 bits per heavy atom. The van der Waals surface area contributed by atoms with Gasteiger partial charge in [0, 0.05) is 23.0 Å². The molecule has 1 aromatic carbocycles. The predicted octanol–water partition coefficient (Wildman–Crippen LogP) is 1.78. The highest BCUT2D eigenvalue weighted by molar-refractivity contribution is 9.10. The molecule has 1 N–H and O–H groups in total. The van der Waals surface area contributed by atoms with E-state index in [0.717, 1.165) is 4.47 Å². The molecular formula is C12H14BrNO3. The number of halogens is 1. The Morgan fingerprint density at radius 2 is 1.94 bits per heavy atom. The molecule has 4 nitrogen and oxygen atoms in total. The highest BCUT2D eigenvalue weighted by Crippen LogP contribution is 2.11. The van der Waals surface area contributed by atoms with Crippen LogP contribution in [0.4, 0.5) is 0 Å². The van der Waals surface area contributed by atoms with Gasteiger partial charge >= 0.3 is 5.97 Å². The van der Waals surface area contributed by atoms with Crippen molar-refractivity contribution in [2.24, 2.45) is 0 Å². The summed E-state index contributed by atoms with van der Waals surface area (Å²) in [5, 5.41) is 2.84. The van der Waals surface area contributed by atoms with E-state index in [1.54, 1.807) is 12.1 Å². The summed E-state index contributed by atoms with van der Waals surface area (Å²) >= 11 is 3.31. The van der Waals surface area contributed by atoms with Crippen LogP contribution in [0.3, 0.4) is 0 Å². The summed E-state index contributed by atoms with van der Waals surface area (Å²) in [6, 6.07) is 7.20. The Balaban J connectivity index is 2.30. The van der Waals surface area contributed by atoms with E-state index in [-0.39, 0.29) is 18.3 Å². The third-order valence-corrected chi connectivity index (χ3v) is 2.72. The molecule has 1 aromatic rings. The molecule has 0 spiro atoms. The maximum Gasteiger partial charge on any atom is 0.319 e. The molecule has 0 aromatic heterocycles. The van der Waals surface area contributed by atoms with Gasteiger partial charge in [-0.3, -0.25) is 9.59 Å². The van der Waals surface area contributed by atoms with E-state index in [9.17, 15) is 9.59 Å². The first-order valence-corrected chi connectivity index (χ1v) is 5.99. The molecule has 0 fully saturated rings. The number of ketones is 1. The van der Waals surface area contributed by atoms with Crippen LogP contribution in [0, 0.1) is 0 Å². The van der Waals surface area contributed by atoms with Gasteiger partial charge in [-0.15, -0.1) is 0 Å². The topological polar surface area (TPSA) is 55.4 Å². The van der Waals surface area contributed by atoms with Gasteiger partial charge in [-0.05, 0) is 12.1 Å². The smallest absolute Gasteiger partial charge is 0.319 e. The van der Waals surface area contributed by atoms with Gasteiger partial charge in [0.1, 0.15) is 0 Å². The van der Waals surface area contributed by atoms with Gasteiger partial charge < -0.3 is 10.1 Å². The first kappa shape index (κ1) is 13.9. The molecule has 0 amide bonds. The van der Waals surface area contributed by atoms with Crippen molar-refractivity contribution >= 4 is 27.7 Å². The summed E-state index contributed by atoms with van der Waals surface area (Å²) in [7, 11) is 1.33. The summed E-state index contributed by atoms with van der Waals surface area (Å²) in [6.07, 6.45) is 0.360. The molecule has 5 heteroatoms. The van der Waals surface area contributed by atoms with Crippen LogP contribution in [0.1, 0.15) is 16.8 Å². The fraction of sp³-hybridized carbons (Fsp3) is 0.333. The van der Waals surface area contributed by atoms with E-state index >= 15 is 0 Å². The molecule has 0 heterocycles. The predicted molar refractivity (Wildman–Crippen MR) is 68.0 cm³/mol. The molecule has 17 heavy (non-hydrogen) atoms. The van der Waals surface area contributed by atoms with Crippen LogP contribution in [0.2, 0.25) is 0 Å². The summed E-state index contributed by atoms with van der Waals surface area (Å²) in [5.74, 6) is -0.282. The maximum absolute atomic E-state index is 11.7. The Hall–Kier alpha value is -1.20. The Morgan fingerprint density at radius 1 is 1.29 bits per heavy atom. The molecule has 0 unspecified atom stereocenters. The van der Waals surface area contributed by atoms with E-state index in [1.807, 2.05) is 12.1 Å². The van der Waals surface area contributed by atoms with Gasteiger partial charge in [-0.2, -0.15) is 0 Å². The average molecular weight is 300 g/mol. The second kappa shape index (κ2) is 7.19. The van der Waals surface area contributed by atoms with Crippen molar-refractivity contribution in [3.05, 3.63) is 34.3 Å². The van der Waals surface area contributed by atoms with E-state index < -0.39 is 0 Å². The molecule has 1 rings (SSSR count). The summed E-state index contributed by atoms with van der Waals surface area (Å²) in [5.41, 5.74) is 0.674. The largest absolute Gasteiger partial charge is 0.468 e. The Labute approximate surface area is 108 Å². The molecule has 0 saturated carbocycles. The lowest BCUT2D eigenvalue weighted by Gasteiger charge is -2.03. The zero-order valence-corrected chi connectivity index (χ0v) is 11.1. The van der Waals surface area contributed by atoms with E-state index in [4.69, 9.17) is 0 Å². The van der Waals surface area contributed by atoms with Crippen LogP contribution < -0.4 is 5.32 Å². The monoisotopic (exact) mass is 299 g/mol. The zero-order valence-electron chi connectivity index (χ0n) is 9.53. The van der Waals surface area contributed by atoms with Crippen molar-refractivity contribution in [3.8, 4) is 0 Å². The van der Waals surface area contributed by atoms with Crippen LogP contribution in [0.15, 0.2) is 28.7 Å². The number of methoxy groups -OCH3 is 1. The summed E-state index contributed by atoms with van der Waals surface area (Å²) in [4.78, 5) is 22.5. The quantitative estimate of drug-likeness (QED) is 0.494. The minimum Gasteiger partial charge on any atom is -0.468 e. The lowest BCUT2D eigenvalue weighted by Crippen LogP contribution is -2.26. The lowest BCUT2D eigenvalue weighted by atomic mass is 10.1. The van der Waals surface area contributed by atoms with Gasteiger partial charge in [-0.25, -0.2) is 0 Å². The van der Waals surface area contributed by atoms with Crippen LogP contribution in [0.25, 0.3) is 0 Å². The van der Waals surface area contributed by atoms with Gasteiger partial charge in [0.25, 0.3) is 0 Å². The van der Waals surface area contributed by atoms with Crippen molar-refractivity contribution in [1.82, 2.24) is 5.32 Å². The molecule has 0 bridgehead atoms.